The van der Waals surface area contributed by atoms with Crippen molar-refractivity contribution in [2.24, 2.45) is 17.3 Å². The van der Waals surface area contributed by atoms with Crippen LogP contribution in [0, 0.1) is 28.1 Å². The number of hydrogen-bond donors (Lipinski definition) is 2. The lowest BCUT2D eigenvalue weighted by molar-refractivity contribution is 0.0587. The fourth-order valence-corrected chi connectivity index (χ4v) is 4.03. The van der Waals surface area contributed by atoms with Gasteiger partial charge in [0.1, 0.15) is 0 Å². The maximum Gasteiger partial charge on any atom is 0.231 e. The third kappa shape index (κ3) is 7.36. The Morgan fingerprint density at radius 2 is 0.952 bits per heavy atom. The Bertz CT molecular complexity index is 297. The predicted molar refractivity (Wildman–Crippen MR) is 83.8 cm³/mol. The van der Waals surface area contributed by atoms with Crippen LogP contribution in [-0.4, -0.2) is 12.2 Å². The zero-order valence-corrected chi connectivity index (χ0v) is 13.5. The molecule has 2 saturated carbocycles. The molecule has 0 spiro atoms. The Morgan fingerprint density at radius 1 is 0.714 bits per heavy atom. The molecule has 2 N–H and O–H groups in total. The summed E-state index contributed by atoms with van der Waals surface area (Å²) >= 11 is 0. The fourth-order valence-electron chi connectivity index (χ4n) is 4.03. The zero-order valence-electron chi connectivity index (χ0n) is 13.5. The van der Waals surface area contributed by atoms with Crippen LogP contribution < -0.4 is 0 Å². The van der Waals surface area contributed by atoms with Gasteiger partial charge < -0.3 is 0 Å². The minimum absolute atomic E-state index is 0.640. The second-order valence-corrected chi connectivity index (χ2v) is 6.70. The Morgan fingerprint density at radius 3 is 1.19 bits per heavy atom. The maximum absolute atomic E-state index is 8.35. The molecule has 0 amide bonds. The quantitative estimate of drug-likeness (QED) is 0.556. The normalized spacial score (nSPS) is 19.9. The van der Waals surface area contributed by atoms with Crippen LogP contribution in [0.15, 0.2) is 0 Å². The molecule has 4 nitrogen and oxygen atoms in total. The standard InChI is InChI=1S/C15H28.2CHNO/c1-15(2,13-9-5-3-6-10-13)14-11-7-4-8-12-14;2*2-1-3/h13-14H,3-12H2,1-2H3;2*2H. The minimum Gasteiger partial charge on any atom is -0.222 e. The molecule has 0 saturated heterocycles. The number of isocyanates is 2. The maximum atomic E-state index is 8.35. The van der Waals surface area contributed by atoms with Gasteiger partial charge in [-0.1, -0.05) is 52.4 Å². The average Bonchev–Trinajstić information content (AvgIpc) is 2.51. The van der Waals surface area contributed by atoms with Gasteiger partial charge in [0.15, 0.2) is 0 Å². The van der Waals surface area contributed by atoms with Crippen LogP contribution in [-0.2, 0) is 9.59 Å². The Balaban J connectivity index is 0.000000578. The topological polar surface area (TPSA) is 81.8 Å². The summed E-state index contributed by atoms with van der Waals surface area (Å²) in [4.78, 5) is 16.7. The predicted octanol–water partition coefficient (Wildman–Crippen LogP) is 4.98. The van der Waals surface area contributed by atoms with Gasteiger partial charge in [-0.05, 0) is 42.9 Å². The van der Waals surface area contributed by atoms with Crippen LogP contribution >= 0.6 is 0 Å². The summed E-state index contributed by atoms with van der Waals surface area (Å²) < 4.78 is 0. The van der Waals surface area contributed by atoms with E-state index >= 15 is 0 Å². The first-order valence-corrected chi connectivity index (χ1v) is 8.12. The minimum atomic E-state index is 0.640. The summed E-state index contributed by atoms with van der Waals surface area (Å²) in [5, 5.41) is 10.8. The summed E-state index contributed by atoms with van der Waals surface area (Å²) in [6.45, 7) is 5.14. The van der Waals surface area contributed by atoms with Gasteiger partial charge in [0.2, 0.25) is 12.2 Å². The molecule has 120 valence electrons. The van der Waals surface area contributed by atoms with E-state index in [2.05, 4.69) is 13.8 Å². The van der Waals surface area contributed by atoms with E-state index in [1.807, 2.05) is 0 Å². The highest BCUT2D eigenvalue weighted by atomic mass is 16.1. The molecule has 0 aromatic carbocycles. The summed E-state index contributed by atoms with van der Waals surface area (Å²) in [5.41, 5.74) is 0.640. The number of carbonyl (C=O) groups excluding carboxylic acids is 2. The molecule has 0 unspecified atom stereocenters. The highest BCUT2D eigenvalue weighted by Crippen LogP contribution is 2.48. The summed E-state index contributed by atoms with van der Waals surface area (Å²) in [6.07, 6.45) is 16.6. The van der Waals surface area contributed by atoms with Crippen LogP contribution in [0.25, 0.3) is 0 Å². The van der Waals surface area contributed by atoms with Crippen LogP contribution in [0.5, 0.6) is 0 Å². The monoisotopic (exact) mass is 294 g/mol. The molecule has 21 heavy (non-hydrogen) atoms. The molecule has 2 aliphatic rings. The van der Waals surface area contributed by atoms with Crippen LogP contribution in [0.2, 0.25) is 0 Å². The average molecular weight is 294 g/mol. The van der Waals surface area contributed by atoms with E-state index in [9.17, 15) is 0 Å². The molecule has 2 rings (SSSR count). The first-order valence-electron chi connectivity index (χ1n) is 8.12. The number of nitrogens with one attached hydrogen (secondary N) is 2. The van der Waals surface area contributed by atoms with Crippen LogP contribution in [0.4, 0.5) is 0 Å². The van der Waals surface area contributed by atoms with Crippen molar-refractivity contribution in [3.63, 3.8) is 0 Å². The summed E-state index contributed by atoms with van der Waals surface area (Å²) in [5.74, 6) is 2.07. The number of hydrogen-bond acceptors (Lipinski definition) is 4. The first-order chi connectivity index (χ1) is 10.0. The lowest BCUT2D eigenvalue weighted by atomic mass is 9.61. The molecular formula is C17H30N2O2. The van der Waals surface area contributed by atoms with Gasteiger partial charge in [-0.15, -0.1) is 0 Å². The van der Waals surface area contributed by atoms with Gasteiger partial charge in [-0.3, -0.25) is 0 Å². The molecule has 2 fully saturated rings. The highest BCUT2D eigenvalue weighted by Gasteiger charge is 2.37. The Hall–Kier alpha value is -1.24. The van der Waals surface area contributed by atoms with E-state index in [1.165, 1.54) is 64.2 Å². The van der Waals surface area contributed by atoms with E-state index in [-0.39, 0.29) is 0 Å². The van der Waals surface area contributed by atoms with Gasteiger partial charge in [0, 0.05) is 0 Å². The molecule has 0 atom stereocenters. The van der Waals surface area contributed by atoms with Crippen molar-refractivity contribution >= 4 is 12.2 Å². The SMILES string of the molecule is CC(C)(C1CCCCC1)C1CCCCC1.N=C=O.N=C=O. The largest absolute Gasteiger partial charge is 0.231 e. The molecule has 0 aromatic rings. The molecule has 0 aliphatic heterocycles. The van der Waals surface area contributed by atoms with E-state index in [0.717, 1.165) is 24.0 Å². The number of rotatable bonds is 2. The van der Waals surface area contributed by atoms with Gasteiger partial charge in [0.05, 0.1) is 0 Å². The van der Waals surface area contributed by atoms with Crippen molar-refractivity contribution in [3.8, 4) is 0 Å². The Kier molecular flexibility index (Phi) is 10.7. The van der Waals surface area contributed by atoms with Crippen molar-refractivity contribution in [1.29, 1.82) is 10.8 Å². The van der Waals surface area contributed by atoms with Gasteiger partial charge in [-0.2, -0.15) is 0 Å². The second-order valence-electron chi connectivity index (χ2n) is 6.70. The third-order valence-corrected chi connectivity index (χ3v) is 5.31. The molecule has 4 heteroatoms. The van der Waals surface area contributed by atoms with E-state index in [4.69, 9.17) is 20.4 Å². The Labute approximate surface area is 128 Å². The molecule has 0 aromatic heterocycles. The van der Waals surface area contributed by atoms with Crippen molar-refractivity contribution in [2.45, 2.75) is 78.1 Å². The molecule has 0 heterocycles. The van der Waals surface area contributed by atoms with E-state index in [0.29, 0.717) is 5.41 Å². The first kappa shape index (κ1) is 19.8. The van der Waals surface area contributed by atoms with E-state index in [1.54, 1.807) is 0 Å². The van der Waals surface area contributed by atoms with Crippen molar-refractivity contribution in [2.75, 3.05) is 0 Å². The summed E-state index contributed by atoms with van der Waals surface area (Å²) in [7, 11) is 0. The zero-order chi connectivity index (χ0) is 16.1. The van der Waals surface area contributed by atoms with Crippen molar-refractivity contribution in [3.05, 3.63) is 0 Å². The van der Waals surface area contributed by atoms with Gasteiger partial charge in [-0.25, -0.2) is 20.4 Å². The molecule has 0 radical (unpaired) electrons. The smallest absolute Gasteiger partial charge is 0.222 e. The molecule has 2 aliphatic carbocycles. The van der Waals surface area contributed by atoms with Crippen LogP contribution in [0.3, 0.4) is 0 Å². The fraction of sp³-hybridized carbons (Fsp3) is 0.882. The van der Waals surface area contributed by atoms with E-state index < -0.39 is 0 Å². The van der Waals surface area contributed by atoms with Crippen molar-refractivity contribution < 1.29 is 9.59 Å². The lowest BCUT2D eigenvalue weighted by Crippen LogP contribution is -2.35. The lowest BCUT2D eigenvalue weighted by Gasteiger charge is -2.44. The van der Waals surface area contributed by atoms with Crippen LogP contribution in [0.1, 0.15) is 78.1 Å². The molecular weight excluding hydrogens is 264 g/mol. The third-order valence-electron chi connectivity index (χ3n) is 5.31. The molecule has 0 bridgehead atoms. The van der Waals surface area contributed by atoms with Crippen molar-refractivity contribution in [1.82, 2.24) is 0 Å². The second kappa shape index (κ2) is 11.4. The van der Waals surface area contributed by atoms with Gasteiger partial charge >= 0.3 is 0 Å². The summed E-state index contributed by atoms with van der Waals surface area (Å²) in [6, 6.07) is 0. The van der Waals surface area contributed by atoms with Gasteiger partial charge in [0.25, 0.3) is 0 Å². The highest BCUT2D eigenvalue weighted by molar-refractivity contribution is 5.26.